The van der Waals surface area contributed by atoms with Crippen molar-refractivity contribution in [3.63, 3.8) is 0 Å². The van der Waals surface area contributed by atoms with Crippen molar-refractivity contribution in [1.82, 2.24) is 4.98 Å². The summed E-state index contributed by atoms with van der Waals surface area (Å²) in [5, 5.41) is 8.03. The van der Waals surface area contributed by atoms with Crippen LogP contribution in [0, 0.1) is 0 Å². The highest BCUT2D eigenvalue weighted by Gasteiger charge is 2.19. The van der Waals surface area contributed by atoms with Gasteiger partial charge in [-0.15, -0.1) is 22.7 Å². The molecule has 8 aromatic carbocycles. The van der Waals surface area contributed by atoms with Crippen LogP contribution in [0.4, 0.5) is 17.1 Å². The van der Waals surface area contributed by atoms with Crippen LogP contribution in [0.2, 0.25) is 0 Å². The molecular formula is C49H28N2O2S2. The third-order valence-electron chi connectivity index (χ3n) is 10.7. The number of benzene rings is 8. The SMILES string of the molecule is c1ccc(-c2nc3cc4sc5cccc(-c6ccc(N(c7ccc8c(c7)oc7ccccc78)c7ccc8oc9ccccc9c8c7)cc6)c5c4cc3s2)cc1. The summed E-state index contributed by atoms with van der Waals surface area (Å²) in [5.41, 5.74) is 11.2. The summed E-state index contributed by atoms with van der Waals surface area (Å²) in [6, 6.07) is 60.2. The Morgan fingerprint density at radius 2 is 1.07 bits per heavy atom. The van der Waals surface area contributed by atoms with E-state index in [1.165, 1.54) is 36.0 Å². The van der Waals surface area contributed by atoms with E-state index in [-0.39, 0.29) is 0 Å². The van der Waals surface area contributed by atoms with E-state index in [4.69, 9.17) is 13.8 Å². The highest BCUT2D eigenvalue weighted by atomic mass is 32.1. The fourth-order valence-electron chi connectivity index (χ4n) is 8.14. The van der Waals surface area contributed by atoms with E-state index in [9.17, 15) is 0 Å². The lowest BCUT2D eigenvalue weighted by atomic mass is 9.99. The average Bonchev–Trinajstić information content (AvgIpc) is 4.01. The summed E-state index contributed by atoms with van der Waals surface area (Å²) < 4.78 is 16.3. The molecule has 12 aromatic rings. The molecule has 4 nitrogen and oxygen atoms in total. The van der Waals surface area contributed by atoms with E-state index < -0.39 is 0 Å². The zero-order valence-electron chi connectivity index (χ0n) is 29.2. The van der Waals surface area contributed by atoms with Gasteiger partial charge in [-0.2, -0.15) is 0 Å². The number of rotatable bonds is 5. The number of aromatic nitrogens is 1. The van der Waals surface area contributed by atoms with Crippen LogP contribution in [-0.2, 0) is 0 Å². The maximum Gasteiger partial charge on any atom is 0.137 e. The second kappa shape index (κ2) is 11.9. The molecule has 0 aliphatic rings. The molecule has 12 rings (SSSR count). The van der Waals surface area contributed by atoms with Crippen LogP contribution in [0.5, 0.6) is 0 Å². The lowest BCUT2D eigenvalue weighted by Gasteiger charge is -2.26. The summed E-state index contributed by atoms with van der Waals surface area (Å²) in [5.74, 6) is 0. The molecule has 6 heteroatoms. The smallest absolute Gasteiger partial charge is 0.137 e. The van der Waals surface area contributed by atoms with Gasteiger partial charge < -0.3 is 13.7 Å². The van der Waals surface area contributed by atoms with Gasteiger partial charge in [0.15, 0.2) is 0 Å². The second-order valence-corrected chi connectivity index (χ2v) is 16.0. The van der Waals surface area contributed by atoms with Gasteiger partial charge in [-0.1, -0.05) is 91.0 Å². The molecule has 0 N–H and O–H groups in total. The Morgan fingerprint density at radius 3 is 1.91 bits per heavy atom. The minimum atomic E-state index is 0.858. The number of thiophene rings is 1. The van der Waals surface area contributed by atoms with Gasteiger partial charge in [0.05, 0.1) is 10.2 Å². The summed E-state index contributed by atoms with van der Waals surface area (Å²) in [6.45, 7) is 0. The summed E-state index contributed by atoms with van der Waals surface area (Å²) in [4.78, 5) is 7.33. The average molecular weight is 741 g/mol. The molecule has 0 aliphatic carbocycles. The van der Waals surface area contributed by atoms with Crippen molar-refractivity contribution < 1.29 is 8.83 Å². The van der Waals surface area contributed by atoms with Gasteiger partial charge in [0.2, 0.25) is 0 Å². The van der Waals surface area contributed by atoms with E-state index in [1.807, 2.05) is 41.7 Å². The van der Waals surface area contributed by atoms with Crippen molar-refractivity contribution >= 4 is 114 Å². The van der Waals surface area contributed by atoms with Crippen LogP contribution in [0.3, 0.4) is 0 Å². The zero-order chi connectivity index (χ0) is 36.0. The number of furan rings is 2. The Morgan fingerprint density at radius 1 is 0.400 bits per heavy atom. The van der Waals surface area contributed by atoms with E-state index in [1.54, 1.807) is 11.3 Å². The number of fused-ring (bicyclic) bond motifs is 10. The Hall–Kier alpha value is -6.73. The molecule has 0 spiro atoms. The Kier molecular flexibility index (Phi) is 6.64. The number of anilines is 3. The highest BCUT2D eigenvalue weighted by Crippen LogP contribution is 2.45. The van der Waals surface area contributed by atoms with E-state index >= 15 is 0 Å². The van der Waals surface area contributed by atoms with Crippen molar-refractivity contribution in [2.24, 2.45) is 0 Å². The van der Waals surface area contributed by atoms with Crippen LogP contribution < -0.4 is 4.90 Å². The van der Waals surface area contributed by atoms with Gasteiger partial charge >= 0.3 is 0 Å². The summed E-state index contributed by atoms with van der Waals surface area (Å²) in [7, 11) is 0. The van der Waals surface area contributed by atoms with Crippen LogP contribution in [0.1, 0.15) is 0 Å². The van der Waals surface area contributed by atoms with Crippen LogP contribution in [0.15, 0.2) is 179 Å². The van der Waals surface area contributed by atoms with Crippen molar-refractivity contribution in [2.75, 3.05) is 4.90 Å². The van der Waals surface area contributed by atoms with Crippen LogP contribution in [0.25, 0.3) is 96.0 Å². The van der Waals surface area contributed by atoms with Crippen LogP contribution in [-0.4, -0.2) is 4.98 Å². The van der Waals surface area contributed by atoms with E-state index in [2.05, 4.69) is 144 Å². The fraction of sp³-hybridized carbons (Fsp3) is 0. The Labute approximate surface area is 322 Å². The molecule has 55 heavy (non-hydrogen) atoms. The van der Waals surface area contributed by atoms with Gasteiger partial charge in [0, 0.05) is 70.4 Å². The van der Waals surface area contributed by atoms with Gasteiger partial charge in [-0.05, 0) is 83.9 Å². The van der Waals surface area contributed by atoms with Gasteiger partial charge in [0.1, 0.15) is 27.3 Å². The lowest BCUT2D eigenvalue weighted by molar-refractivity contribution is 0.668. The van der Waals surface area contributed by atoms with E-state index in [0.717, 1.165) is 77.0 Å². The van der Waals surface area contributed by atoms with Gasteiger partial charge in [-0.3, -0.25) is 0 Å². The molecule has 0 radical (unpaired) electrons. The molecular weight excluding hydrogens is 713 g/mol. The predicted molar refractivity (Wildman–Crippen MR) is 233 cm³/mol. The van der Waals surface area contributed by atoms with Gasteiger partial charge in [-0.25, -0.2) is 4.98 Å². The molecule has 0 amide bonds. The lowest BCUT2D eigenvalue weighted by Crippen LogP contribution is -2.09. The third kappa shape index (κ3) is 4.85. The van der Waals surface area contributed by atoms with E-state index in [0.29, 0.717) is 0 Å². The highest BCUT2D eigenvalue weighted by molar-refractivity contribution is 7.26. The zero-order valence-corrected chi connectivity index (χ0v) is 30.8. The number of hydrogen-bond acceptors (Lipinski definition) is 6. The fourth-order valence-corrected chi connectivity index (χ4v) is 10.3. The molecule has 258 valence electrons. The molecule has 0 fully saturated rings. The van der Waals surface area contributed by atoms with Crippen molar-refractivity contribution in [2.45, 2.75) is 0 Å². The third-order valence-corrected chi connectivity index (χ3v) is 12.9. The van der Waals surface area contributed by atoms with Crippen molar-refractivity contribution in [3.8, 4) is 21.7 Å². The number of nitrogens with zero attached hydrogens (tertiary/aromatic N) is 2. The summed E-state index contributed by atoms with van der Waals surface area (Å²) >= 11 is 3.60. The predicted octanol–water partition coefficient (Wildman–Crippen LogP) is 15.3. The Bertz CT molecular complexity index is 3440. The number of thiazole rings is 1. The minimum absolute atomic E-state index is 0.858. The first-order valence-corrected chi connectivity index (χ1v) is 19.9. The van der Waals surface area contributed by atoms with Crippen molar-refractivity contribution in [3.05, 3.63) is 170 Å². The maximum atomic E-state index is 6.38. The first-order chi connectivity index (χ1) is 27.2. The number of hydrogen-bond donors (Lipinski definition) is 0. The Balaban J connectivity index is 0.999. The molecule has 0 unspecified atom stereocenters. The molecule has 4 heterocycles. The van der Waals surface area contributed by atoms with Gasteiger partial charge in [0.25, 0.3) is 0 Å². The molecule has 0 saturated carbocycles. The molecule has 0 bridgehead atoms. The molecule has 0 saturated heterocycles. The molecule has 0 atom stereocenters. The number of para-hydroxylation sites is 2. The summed E-state index contributed by atoms with van der Waals surface area (Å²) in [6.07, 6.45) is 0. The van der Waals surface area contributed by atoms with Crippen LogP contribution >= 0.6 is 22.7 Å². The standard InChI is InChI=1S/C49H28N2O2S2/c1-2-9-30(10-3-1)49-50-40-28-46-39(27-47(40)55-49)48-34(13-8-16-45(48)54-46)29-17-19-31(20-18-29)51(32-22-24-43-38(25-32)36-12-5-7-15-42(36)52-43)33-21-23-37-35-11-4-6-14-41(35)53-44(37)26-33/h1-28H. The molecule has 0 aliphatic heterocycles. The monoisotopic (exact) mass is 740 g/mol. The minimum Gasteiger partial charge on any atom is -0.456 e. The second-order valence-electron chi connectivity index (χ2n) is 13.9. The quantitative estimate of drug-likeness (QED) is 0.176. The largest absolute Gasteiger partial charge is 0.456 e. The first kappa shape index (κ1) is 30.7. The topological polar surface area (TPSA) is 42.4 Å². The van der Waals surface area contributed by atoms with Crippen molar-refractivity contribution in [1.29, 1.82) is 0 Å². The maximum absolute atomic E-state index is 6.38. The first-order valence-electron chi connectivity index (χ1n) is 18.3. The molecule has 4 aromatic heterocycles. The normalized spacial score (nSPS) is 12.0.